The molecule has 0 aromatic carbocycles. The number of nitrogens with zero attached hydrogens (tertiary/aromatic N) is 2. The van der Waals surface area contributed by atoms with Gasteiger partial charge in [-0.05, 0) is 25.1 Å². The largest absolute Gasteiger partial charge is 0.394 e. The number of rotatable bonds is 4. The van der Waals surface area contributed by atoms with Crippen LogP contribution in [-0.2, 0) is 4.79 Å². The van der Waals surface area contributed by atoms with Crippen molar-refractivity contribution in [3.63, 3.8) is 0 Å². The Hall–Kier alpha value is -1.85. The summed E-state index contributed by atoms with van der Waals surface area (Å²) in [5.41, 5.74) is 1.36. The number of halogens is 1. The Morgan fingerprint density at radius 2 is 2.42 bits per heavy atom. The van der Waals surface area contributed by atoms with Gasteiger partial charge in [-0.1, -0.05) is 17.7 Å². The number of nitrogens with one attached hydrogen (secondary N) is 1. The second-order valence-electron chi connectivity index (χ2n) is 4.14. The number of imidazole rings is 1. The molecule has 0 saturated carbocycles. The van der Waals surface area contributed by atoms with E-state index in [0.717, 1.165) is 5.65 Å². The first-order chi connectivity index (χ1) is 9.11. The molecule has 0 radical (unpaired) electrons. The number of hydrogen-bond acceptors (Lipinski definition) is 3. The standard InChI is InChI=1S/C13H14ClN3O2/c1-9(8-18)15-12(19)6-5-10-13(14)16-11-4-2-3-7-17(10)11/h2-7,9,18H,8H2,1H3,(H,15,19)/b6-5+. The molecule has 0 bridgehead atoms. The van der Waals surface area contributed by atoms with E-state index in [-0.39, 0.29) is 18.6 Å². The minimum Gasteiger partial charge on any atom is -0.394 e. The third-order valence-corrected chi connectivity index (χ3v) is 2.86. The number of pyridine rings is 1. The van der Waals surface area contributed by atoms with Crippen molar-refractivity contribution in [1.29, 1.82) is 0 Å². The number of aromatic nitrogens is 2. The number of fused-ring (bicyclic) bond motifs is 1. The van der Waals surface area contributed by atoms with E-state index in [4.69, 9.17) is 16.7 Å². The van der Waals surface area contributed by atoms with Gasteiger partial charge in [0.15, 0.2) is 5.15 Å². The minimum atomic E-state index is -0.288. The molecule has 19 heavy (non-hydrogen) atoms. The maximum absolute atomic E-state index is 11.6. The molecule has 2 rings (SSSR count). The molecule has 0 aliphatic rings. The van der Waals surface area contributed by atoms with Crippen molar-refractivity contribution >= 4 is 29.2 Å². The van der Waals surface area contributed by atoms with Gasteiger partial charge in [0.1, 0.15) is 5.65 Å². The first-order valence-electron chi connectivity index (χ1n) is 5.84. The monoisotopic (exact) mass is 279 g/mol. The number of aliphatic hydroxyl groups is 1. The van der Waals surface area contributed by atoms with Crippen LogP contribution in [0.1, 0.15) is 12.6 Å². The summed E-state index contributed by atoms with van der Waals surface area (Å²) in [6.07, 6.45) is 4.79. The molecule has 100 valence electrons. The average molecular weight is 280 g/mol. The highest BCUT2D eigenvalue weighted by atomic mass is 35.5. The van der Waals surface area contributed by atoms with E-state index in [1.807, 2.05) is 24.4 Å². The second-order valence-corrected chi connectivity index (χ2v) is 4.50. The van der Waals surface area contributed by atoms with Crippen LogP contribution in [0.25, 0.3) is 11.7 Å². The topological polar surface area (TPSA) is 66.6 Å². The maximum atomic E-state index is 11.6. The molecule has 0 aliphatic heterocycles. The van der Waals surface area contributed by atoms with Crippen LogP contribution in [0.4, 0.5) is 0 Å². The van der Waals surface area contributed by atoms with Crippen LogP contribution in [0.5, 0.6) is 0 Å². The van der Waals surface area contributed by atoms with Gasteiger partial charge in [0.25, 0.3) is 0 Å². The number of aliphatic hydroxyl groups excluding tert-OH is 1. The highest BCUT2D eigenvalue weighted by molar-refractivity contribution is 6.31. The number of amides is 1. The van der Waals surface area contributed by atoms with Gasteiger partial charge in [-0.2, -0.15) is 0 Å². The smallest absolute Gasteiger partial charge is 0.244 e. The van der Waals surface area contributed by atoms with Crippen molar-refractivity contribution in [3.05, 3.63) is 41.3 Å². The Balaban J connectivity index is 2.21. The zero-order chi connectivity index (χ0) is 13.8. The Morgan fingerprint density at radius 1 is 1.63 bits per heavy atom. The van der Waals surface area contributed by atoms with Crippen LogP contribution in [0.3, 0.4) is 0 Å². The molecular weight excluding hydrogens is 266 g/mol. The summed E-state index contributed by atoms with van der Waals surface area (Å²) in [6.45, 7) is 1.61. The van der Waals surface area contributed by atoms with Crippen LogP contribution in [0.15, 0.2) is 30.5 Å². The number of carbonyl (C=O) groups excluding carboxylic acids is 1. The molecule has 2 heterocycles. The van der Waals surface area contributed by atoms with Gasteiger partial charge in [-0.3, -0.25) is 9.20 Å². The summed E-state index contributed by atoms with van der Waals surface area (Å²) < 4.78 is 1.79. The van der Waals surface area contributed by atoms with Gasteiger partial charge >= 0.3 is 0 Å². The molecule has 6 heteroatoms. The maximum Gasteiger partial charge on any atom is 0.244 e. The summed E-state index contributed by atoms with van der Waals surface area (Å²) >= 11 is 6.03. The zero-order valence-corrected chi connectivity index (χ0v) is 11.1. The molecule has 2 aromatic rings. The Bertz CT molecular complexity index is 621. The third-order valence-electron chi connectivity index (χ3n) is 2.58. The summed E-state index contributed by atoms with van der Waals surface area (Å²) in [7, 11) is 0. The number of hydrogen-bond donors (Lipinski definition) is 2. The highest BCUT2D eigenvalue weighted by Crippen LogP contribution is 2.18. The van der Waals surface area contributed by atoms with Gasteiger partial charge < -0.3 is 10.4 Å². The van der Waals surface area contributed by atoms with E-state index in [2.05, 4.69) is 10.3 Å². The Kier molecular flexibility index (Phi) is 4.19. The van der Waals surface area contributed by atoms with Crippen molar-refractivity contribution in [3.8, 4) is 0 Å². The zero-order valence-electron chi connectivity index (χ0n) is 10.4. The van der Waals surface area contributed by atoms with E-state index in [1.54, 1.807) is 17.4 Å². The van der Waals surface area contributed by atoms with Crippen molar-refractivity contribution in [1.82, 2.24) is 14.7 Å². The lowest BCUT2D eigenvalue weighted by Gasteiger charge is -2.07. The molecule has 0 spiro atoms. The summed E-state index contributed by atoms with van der Waals surface area (Å²) in [5, 5.41) is 11.8. The molecule has 1 atom stereocenters. The molecule has 0 fully saturated rings. The molecular formula is C13H14ClN3O2. The molecule has 2 aromatic heterocycles. The van der Waals surface area contributed by atoms with Crippen molar-refractivity contribution < 1.29 is 9.90 Å². The SMILES string of the molecule is CC(CO)NC(=O)/C=C/c1c(Cl)nc2ccccn12. The van der Waals surface area contributed by atoms with Gasteiger partial charge in [0, 0.05) is 18.3 Å². The summed E-state index contributed by atoms with van der Waals surface area (Å²) in [4.78, 5) is 15.7. The predicted molar refractivity (Wildman–Crippen MR) is 73.9 cm³/mol. The summed E-state index contributed by atoms with van der Waals surface area (Å²) in [6, 6.07) is 5.27. The van der Waals surface area contributed by atoms with E-state index < -0.39 is 0 Å². The average Bonchev–Trinajstić information content (AvgIpc) is 2.71. The van der Waals surface area contributed by atoms with Crippen molar-refractivity contribution in [2.45, 2.75) is 13.0 Å². The van der Waals surface area contributed by atoms with Gasteiger partial charge in [0.05, 0.1) is 12.3 Å². The fourth-order valence-corrected chi connectivity index (χ4v) is 1.87. The molecule has 2 N–H and O–H groups in total. The summed E-state index contributed by atoms with van der Waals surface area (Å²) in [5.74, 6) is -0.288. The molecule has 0 aliphatic carbocycles. The van der Waals surface area contributed by atoms with E-state index in [1.165, 1.54) is 6.08 Å². The fourth-order valence-electron chi connectivity index (χ4n) is 1.63. The van der Waals surface area contributed by atoms with Crippen LogP contribution >= 0.6 is 11.6 Å². The molecule has 5 nitrogen and oxygen atoms in total. The lowest BCUT2D eigenvalue weighted by Crippen LogP contribution is -2.33. The van der Waals surface area contributed by atoms with E-state index in [0.29, 0.717) is 10.8 Å². The van der Waals surface area contributed by atoms with E-state index in [9.17, 15) is 4.79 Å². The van der Waals surface area contributed by atoms with Crippen LogP contribution in [0, 0.1) is 0 Å². The van der Waals surface area contributed by atoms with Gasteiger partial charge in [-0.15, -0.1) is 0 Å². The molecule has 1 amide bonds. The van der Waals surface area contributed by atoms with Crippen LogP contribution < -0.4 is 5.32 Å². The fraction of sp³-hybridized carbons (Fsp3) is 0.231. The van der Waals surface area contributed by atoms with Crippen molar-refractivity contribution in [2.24, 2.45) is 0 Å². The molecule has 0 saturated heterocycles. The lowest BCUT2D eigenvalue weighted by atomic mass is 10.3. The van der Waals surface area contributed by atoms with Crippen molar-refractivity contribution in [2.75, 3.05) is 6.61 Å². The van der Waals surface area contributed by atoms with Crippen LogP contribution in [0.2, 0.25) is 5.15 Å². The van der Waals surface area contributed by atoms with Gasteiger partial charge in [-0.25, -0.2) is 4.98 Å². The van der Waals surface area contributed by atoms with Crippen LogP contribution in [-0.4, -0.2) is 33.0 Å². The van der Waals surface area contributed by atoms with Gasteiger partial charge in [0.2, 0.25) is 5.91 Å². The third kappa shape index (κ3) is 3.13. The quantitative estimate of drug-likeness (QED) is 0.834. The number of carbonyl (C=O) groups is 1. The normalized spacial score (nSPS) is 13.0. The lowest BCUT2D eigenvalue weighted by molar-refractivity contribution is -0.117. The molecule has 1 unspecified atom stereocenters. The minimum absolute atomic E-state index is 0.101. The predicted octanol–water partition coefficient (Wildman–Crippen LogP) is 1.50. The first kappa shape index (κ1) is 13.6. The first-order valence-corrected chi connectivity index (χ1v) is 6.21. The Morgan fingerprint density at radius 3 is 3.16 bits per heavy atom. The second kappa shape index (κ2) is 5.86. The Labute approximate surface area is 115 Å². The van der Waals surface area contributed by atoms with E-state index >= 15 is 0 Å². The highest BCUT2D eigenvalue weighted by Gasteiger charge is 2.08.